The van der Waals surface area contributed by atoms with Crippen molar-refractivity contribution in [3.05, 3.63) is 35.1 Å². The summed E-state index contributed by atoms with van der Waals surface area (Å²) in [7, 11) is 0. The molecule has 0 radical (unpaired) electrons. The molecule has 1 aliphatic rings. The van der Waals surface area contributed by atoms with E-state index in [9.17, 15) is 18.3 Å². The number of halogens is 3. The standard InChI is InChI=1S/C15H21F3N2O/c1-15(2,9-21)14(20-5-3-19-4-6-20)11-7-10(16)8-12(17)13(11)18/h7-8,14,19,21H,3-6,9H2,1-2H3/t14-/m0/s1. The predicted molar refractivity (Wildman–Crippen MR) is 74.4 cm³/mol. The number of nitrogens with one attached hydrogen (secondary N) is 1. The first-order valence-corrected chi connectivity index (χ1v) is 7.07. The summed E-state index contributed by atoms with van der Waals surface area (Å²) in [6.45, 7) is 6.02. The zero-order chi connectivity index (χ0) is 15.6. The maximum Gasteiger partial charge on any atom is 0.163 e. The van der Waals surface area contributed by atoms with Crippen molar-refractivity contribution in [2.75, 3.05) is 32.8 Å². The molecule has 2 rings (SSSR count). The first-order valence-electron chi connectivity index (χ1n) is 7.07. The molecule has 0 aromatic heterocycles. The van der Waals surface area contributed by atoms with Crippen molar-refractivity contribution in [1.82, 2.24) is 10.2 Å². The molecular weight excluding hydrogens is 281 g/mol. The highest BCUT2D eigenvalue weighted by Gasteiger charge is 2.38. The van der Waals surface area contributed by atoms with Crippen LogP contribution in [0.5, 0.6) is 0 Å². The Balaban J connectivity index is 2.49. The minimum atomic E-state index is -1.20. The lowest BCUT2D eigenvalue weighted by molar-refractivity contribution is 0.0281. The maximum absolute atomic E-state index is 14.2. The Hall–Kier alpha value is -1.11. The second-order valence-corrected chi connectivity index (χ2v) is 6.13. The van der Waals surface area contributed by atoms with Gasteiger partial charge in [-0.1, -0.05) is 13.8 Å². The lowest BCUT2D eigenvalue weighted by atomic mass is 9.79. The molecule has 21 heavy (non-hydrogen) atoms. The number of piperazine rings is 1. The van der Waals surface area contributed by atoms with Gasteiger partial charge in [0, 0.05) is 55.9 Å². The minimum Gasteiger partial charge on any atom is -0.396 e. The molecule has 1 saturated heterocycles. The molecule has 3 nitrogen and oxygen atoms in total. The summed E-state index contributed by atoms with van der Waals surface area (Å²) in [5, 5.41) is 12.8. The van der Waals surface area contributed by atoms with Crippen LogP contribution < -0.4 is 5.32 Å². The van der Waals surface area contributed by atoms with Crippen molar-refractivity contribution in [3.63, 3.8) is 0 Å². The van der Waals surface area contributed by atoms with Crippen molar-refractivity contribution < 1.29 is 18.3 Å². The Morgan fingerprint density at radius 3 is 2.43 bits per heavy atom. The zero-order valence-corrected chi connectivity index (χ0v) is 12.3. The monoisotopic (exact) mass is 302 g/mol. The molecule has 0 unspecified atom stereocenters. The van der Waals surface area contributed by atoms with Crippen molar-refractivity contribution in [1.29, 1.82) is 0 Å². The second-order valence-electron chi connectivity index (χ2n) is 6.13. The highest BCUT2D eigenvalue weighted by atomic mass is 19.2. The van der Waals surface area contributed by atoms with E-state index in [4.69, 9.17) is 0 Å². The number of aliphatic hydroxyl groups is 1. The Labute approximate surface area is 122 Å². The van der Waals surface area contributed by atoms with Crippen LogP contribution in [0.2, 0.25) is 0 Å². The average molecular weight is 302 g/mol. The first-order chi connectivity index (χ1) is 9.86. The minimum absolute atomic E-state index is 0.0338. The second kappa shape index (κ2) is 6.34. The van der Waals surface area contributed by atoms with E-state index >= 15 is 0 Å². The Morgan fingerprint density at radius 2 is 1.86 bits per heavy atom. The SMILES string of the molecule is CC(C)(CO)[C@H](c1cc(F)cc(F)c1F)N1CCNCC1. The van der Waals surface area contributed by atoms with Crippen molar-refractivity contribution in [3.8, 4) is 0 Å². The molecule has 0 aliphatic carbocycles. The van der Waals surface area contributed by atoms with E-state index in [-0.39, 0.29) is 12.2 Å². The van der Waals surface area contributed by atoms with Crippen LogP contribution in [0.4, 0.5) is 13.2 Å². The highest BCUT2D eigenvalue weighted by molar-refractivity contribution is 5.26. The van der Waals surface area contributed by atoms with Gasteiger partial charge in [0.05, 0.1) is 0 Å². The number of benzene rings is 1. The molecule has 1 heterocycles. The lowest BCUT2D eigenvalue weighted by Crippen LogP contribution is -2.49. The third kappa shape index (κ3) is 3.39. The molecule has 1 aliphatic heterocycles. The highest BCUT2D eigenvalue weighted by Crippen LogP contribution is 2.40. The molecule has 1 fully saturated rings. The van der Waals surface area contributed by atoms with Crippen LogP contribution in [-0.2, 0) is 0 Å². The summed E-state index contributed by atoms with van der Waals surface area (Å²) in [6, 6.07) is 0.983. The molecule has 0 bridgehead atoms. The van der Waals surface area contributed by atoms with Crippen molar-refractivity contribution in [2.45, 2.75) is 19.9 Å². The number of rotatable bonds is 4. The molecule has 1 aromatic carbocycles. The molecule has 0 spiro atoms. The Bertz CT molecular complexity index is 502. The largest absolute Gasteiger partial charge is 0.396 e. The number of hydrogen-bond donors (Lipinski definition) is 2. The average Bonchev–Trinajstić information content (AvgIpc) is 2.45. The first kappa shape index (κ1) is 16.3. The topological polar surface area (TPSA) is 35.5 Å². The van der Waals surface area contributed by atoms with Gasteiger partial charge in [-0.05, 0) is 6.07 Å². The molecule has 0 saturated carbocycles. The van der Waals surface area contributed by atoms with Gasteiger partial charge in [-0.25, -0.2) is 13.2 Å². The predicted octanol–water partition coefficient (Wildman–Crippen LogP) is 2.07. The quantitative estimate of drug-likeness (QED) is 0.836. The van der Waals surface area contributed by atoms with E-state index in [1.165, 1.54) is 0 Å². The molecule has 0 amide bonds. The molecule has 2 N–H and O–H groups in total. The van der Waals surface area contributed by atoms with Gasteiger partial charge in [-0.3, -0.25) is 4.90 Å². The summed E-state index contributed by atoms with van der Waals surface area (Å²) < 4.78 is 41.3. The molecule has 1 atom stereocenters. The van der Waals surface area contributed by atoms with E-state index in [0.717, 1.165) is 19.2 Å². The summed E-state index contributed by atoms with van der Waals surface area (Å²) in [4.78, 5) is 1.96. The van der Waals surface area contributed by atoms with E-state index in [2.05, 4.69) is 5.32 Å². The van der Waals surface area contributed by atoms with Gasteiger partial charge >= 0.3 is 0 Å². The summed E-state index contributed by atoms with van der Waals surface area (Å²) >= 11 is 0. The van der Waals surface area contributed by atoms with Crippen LogP contribution in [0.3, 0.4) is 0 Å². The molecular formula is C15H21F3N2O. The molecule has 1 aromatic rings. The van der Waals surface area contributed by atoms with E-state index in [1.807, 2.05) is 4.90 Å². The van der Waals surface area contributed by atoms with Crippen molar-refractivity contribution >= 4 is 0 Å². The van der Waals surface area contributed by atoms with Gasteiger partial charge in [0.2, 0.25) is 0 Å². The van der Waals surface area contributed by atoms with Crippen LogP contribution >= 0.6 is 0 Å². The Morgan fingerprint density at radius 1 is 1.24 bits per heavy atom. The third-order valence-electron chi connectivity index (χ3n) is 3.98. The summed E-state index contributed by atoms with van der Waals surface area (Å²) in [5.74, 6) is -3.04. The zero-order valence-electron chi connectivity index (χ0n) is 12.3. The van der Waals surface area contributed by atoms with Crippen LogP contribution in [0.15, 0.2) is 12.1 Å². The van der Waals surface area contributed by atoms with Crippen LogP contribution in [0, 0.1) is 22.9 Å². The fourth-order valence-corrected chi connectivity index (χ4v) is 2.91. The van der Waals surface area contributed by atoms with Crippen LogP contribution in [0.25, 0.3) is 0 Å². The normalized spacial score (nSPS) is 18.8. The van der Waals surface area contributed by atoms with E-state index < -0.39 is 28.9 Å². The van der Waals surface area contributed by atoms with Gasteiger partial charge in [-0.2, -0.15) is 0 Å². The molecule has 6 heteroatoms. The molecule has 118 valence electrons. The van der Waals surface area contributed by atoms with E-state index in [0.29, 0.717) is 19.2 Å². The van der Waals surface area contributed by atoms with E-state index in [1.54, 1.807) is 13.8 Å². The van der Waals surface area contributed by atoms with Gasteiger partial charge in [0.1, 0.15) is 5.82 Å². The van der Waals surface area contributed by atoms with Gasteiger partial charge < -0.3 is 10.4 Å². The van der Waals surface area contributed by atoms with Crippen molar-refractivity contribution in [2.24, 2.45) is 5.41 Å². The Kier molecular flexibility index (Phi) is 4.91. The summed E-state index contributed by atoms with van der Waals surface area (Å²) in [5.41, 5.74) is -0.758. The number of aliphatic hydroxyl groups excluding tert-OH is 1. The van der Waals surface area contributed by atoms with Gasteiger partial charge in [-0.15, -0.1) is 0 Å². The van der Waals surface area contributed by atoms with Gasteiger partial charge in [0.25, 0.3) is 0 Å². The maximum atomic E-state index is 14.2. The summed E-state index contributed by atoms with van der Waals surface area (Å²) in [6.07, 6.45) is 0. The number of nitrogens with zero attached hydrogens (tertiary/aromatic N) is 1. The fourth-order valence-electron chi connectivity index (χ4n) is 2.91. The number of hydrogen-bond acceptors (Lipinski definition) is 3. The smallest absolute Gasteiger partial charge is 0.163 e. The lowest BCUT2D eigenvalue weighted by Gasteiger charge is -2.43. The van der Waals surface area contributed by atoms with Crippen LogP contribution in [-0.4, -0.2) is 42.8 Å². The third-order valence-corrected chi connectivity index (χ3v) is 3.98. The fraction of sp³-hybridized carbons (Fsp3) is 0.600. The van der Waals surface area contributed by atoms with Gasteiger partial charge in [0.15, 0.2) is 11.6 Å². The van der Waals surface area contributed by atoms with Crippen LogP contribution in [0.1, 0.15) is 25.5 Å².